The maximum absolute atomic E-state index is 12.5. The standard InChI is InChI=1S/C26H21N5O7/c1-35-14-12-26(23(32)29-25(34)30-24(26)33)38-19-10-8-18(9-11-19)37-17-6-4-16(5-7-17)22-28-21(15-36-22)20-3-2-13-27-31-20/h2-11,13,15H,12,14H2,1H3,(H2,29,30,32,33,34). The molecule has 4 amide bonds. The zero-order chi connectivity index (χ0) is 26.5. The zero-order valence-corrected chi connectivity index (χ0v) is 20.0. The van der Waals surface area contributed by atoms with Gasteiger partial charge in [-0.05, 0) is 60.7 Å². The predicted octanol–water partition coefficient (Wildman–Crippen LogP) is 3.11. The van der Waals surface area contributed by atoms with Crippen molar-refractivity contribution in [1.29, 1.82) is 0 Å². The monoisotopic (exact) mass is 515 g/mol. The van der Waals surface area contributed by atoms with Gasteiger partial charge in [0.2, 0.25) is 5.89 Å². The number of carbonyl (C=O) groups excluding carboxylic acids is 3. The number of carbonyl (C=O) groups is 3. The number of amides is 4. The highest BCUT2D eigenvalue weighted by molar-refractivity contribution is 6.21. The lowest BCUT2D eigenvalue weighted by Gasteiger charge is -2.34. The number of hydrogen-bond donors (Lipinski definition) is 2. The normalized spacial score (nSPS) is 14.5. The molecule has 1 aliphatic heterocycles. The fourth-order valence-electron chi connectivity index (χ4n) is 3.70. The molecule has 0 unspecified atom stereocenters. The van der Waals surface area contributed by atoms with Gasteiger partial charge < -0.3 is 18.6 Å². The molecule has 0 radical (unpaired) electrons. The first-order chi connectivity index (χ1) is 18.5. The van der Waals surface area contributed by atoms with Crippen LogP contribution in [0.5, 0.6) is 17.2 Å². The van der Waals surface area contributed by atoms with Crippen LogP contribution >= 0.6 is 0 Å². The zero-order valence-electron chi connectivity index (χ0n) is 20.0. The molecule has 1 saturated heterocycles. The number of urea groups is 1. The van der Waals surface area contributed by atoms with E-state index in [1.54, 1.807) is 66.9 Å². The quantitative estimate of drug-likeness (QED) is 0.318. The minimum Gasteiger partial charge on any atom is -0.467 e. The lowest BCUT2D eigenvalue weighted by Crippen LogP contribution is -2.69. The minimum absolute atomic E-state index is 0.0570. The number of benzene rings is 2. The van der Waals surface area contributed by atoms with Crippen LogP contribution in [0.25, 0.3) is 22.8 Å². The lowest BCUT2D eigenvalue weighted by molar-refractivity contribution is -0.153. The maximum atomic E-state index is 12.5. The van der Waals surface area contributed by atoms with Gasteiger partial charge in [0.15, 0.2) is 0 Å². The summed E-state index contributed by atoms with van der Waals surface area (Å²) in [6, 6.07) is 16.1. The Hall–Kier alpha value is -5.10. The Bertz CT molecular complexity index is 1430. The van der Waals surface area contributed by atoms with Crippen LogP contribution in [-0.2, 0) is 14.3 Å². The van der Waals surface area contributed by atoms with Gasteiger partial charge in [0.25, 0.3) is 17.4 Å². The number of hydrogen-bond acceptors (Lipinski definition) is 10. The van der Waals surface area contributed by atoms with Gasteiger partial charge in [-0.25, -0.2) is 9.78 Å². The molecule has 192 valence electrons. The van der Waals surface area contributed by atoms with E-state index in [9.17, 15) is 14.4 Å². The molecule has 1 fully saturated rings. The molecule has 0 spiro atoms. The topological polar surface area (TPSA) is 155 Å². The summed E-state index contributed by atoms with van der Waals surface area (Å²) in [5.74, 6) is -0.0175. The highest BCUT2D eigenvalue weighted by Gasteiger charge is 2.52. The third kappa shape index (κ3) is 5.06. The summed E-state index contributed by atoms with van der Waals surface area (Å²) in [4.78, 5) is 41.0. The molecule has 12 nitrogen and oxygen atoms in total. The summed E-state index contributed by atoms with van der Waals surface area (Å²) in [6.07, 6.45) is 3.01. The Morgan fingerprint density at radius 2 is 1.53 bits per heavy atom. The molecule has 4 aromatic rings. The van der Waals surface area contributed by atoms with Gasteiger partial charge in [-0.3, -0.25) is 20.2 Å². The molecular formula is C26H21N5O7. The molecule has 0 saturated carbocycles. The Labute approximate surface area is 215 Å². The van der Waals surface area contributed by atoms with Gasteiger partial charge in [-0.2, -0.15) is 5.10 Å². The fraction of sp³-hybridized carbons (Fsp3) is 0.154. The Balaban J connectivity index is 1.26. The van der Waals surface area contributed by atoms with Gasteiger partial charge in [0.05, 0.1) is 6.61 Å². The molecule has 2 N–H and O–H groups in total. The Morgan fingerprint density at radius 1 is 0.868 bits per heavy atom. The van der Waals surface area contributed by atoms with E-state index in [-0.39, 0.29) is 18.8 Å². The van der Waals surface area contributed by atoms with Crippen LogP contribution < -0.4 is 20.1 Å². The number of nitrogens with one attached hydrogen (secondary N) is 2. The first-order valence-electron chi connectivity index (χ1n) is 11.4. The predicted molar refractivity (Wildman–Crippen MR) is 131 cm³/mol. The number of barbiturate groups is 1. The van der Waals surface area contributed by atoms with E-state index in [1.807, 2.05) is 0 Å². The van der Waals surface area contributed by atoms with Crippen molar-refractivity contribution >= 4 is 17.8 Å². The number of aromatic nitrogens is 3. The molecule has 1 aliphatic rings. The second-order valence-corrected chi connectivity index (χ2v) is 8.15. The van der Waals surface area contributed by atoms with Crippen molar-refractivity contribution in [1.82, 2.24) is 25.8 Å². The van der Waals surface area contributed by atoms with Crippen LogP contribution in [0.3, 0.4) is 0 Å². The van der Waals surface area contributed by atoms with Crippen molar-refractivity contribution < 1.29 is 33.0 Å². The first-order valence-corrected chi connectivity index (χ1v) is 11.4. The summed E-state index contributed by atoms with van der Waals surface area (Å²) in [6.45, 7) is 0.0570. The van der Waals surface area contributed by atoms with Gasteiger partial charge >= 0.3 is 6.03 Å². The SMILES string of the molecule is COCCC1(Oc2ccc(Oc3ccc(-c4nc(-c5cccnn5)co4)cc3)cc2)C(=O)NC(=O)NC1=O. The number of nitrogens with zero attached hydrogens (tertiary/aromatic N) is 3. The number of ether oxygens (including phenoxy) is 3. The van der Waals surface area contributed by atoms with Crippen LogP contribution in [0.15, 0.2) is 77.5 Å². The third-order valence-electron chi connectivity index (χ3n) is 5.64. The van der Waals surface area contributed by atoms with Crippen molar-refractivity contribution in [2.75, 3.05) is 13.7 Å². The average molecular weight is 515 g/mol. The Morgan fingerprint density at radius 3 is 2.16 bits per heavy atom. The van der Waals surface area contributed by atoms with E-state index in [0.29, 0.717) is 28.8 Å². The highest BCUT2D eigenvalue weighted by atomic mass is 16.5. The van der Waals surface area contributed by atoms with Crippen LogP contribution in [0, 0.1) is 0 Å². The van der Waals surface area contributed by atoms with E-state index in [2.05, 4.69) is 25.8 Å². The van der Waals surface area contributed by atoms with Crippen LogP contribution in [-0.4, -0.2) is 52.3 Å². The van der Waals surface area contributed by atoms with Crippen LogP contribution in [0.4, 0.5) is 4.79 Å². The van der Waals surface area contributed by atoms with E-state index in [0.717, 1.165) is 5.56 Å². The second-order valence-electron chi connectivity index (χ2n) is 8.15. The summed E-state index contributed by atoms with van der Waals surface area (Å²) < 4.78 is 22.3. The number of imide groups is 2. The lowest BCUT2D eigenvalue weighted by atomic mass is 9.95. The molecule has 0 atom stereocenters. The Kier molecular flexibility index (Phi) is 6.78. The molecule has 3 heterocycles. The van der Waals surface area contributed by atoms with Crippen molar-refractivity contribution in [3.8, 4) is 40.1 Å². The van der Waals surface area contributed by atoms with Gasteiger partial charge in [0.1, 0.15) is 34.9 Å². The summed E-state index contributed by atoms with van der Waals surface area (Å²) in [5, 5.41) is 12.0. The first kappa shape index (κ1) is 24.6. The van der Waals surface area contributed by atoms with Gasteiger partial charge in [-0.15, -0.1) is 5.10 Å². The molecule has 12 heteroatoms. The largest absolute Gasteiger partial charge is 0.467 e. The minimum atomic E-state index is -1.95. The third-order valence-corrected chi connectivity index (χ3v) is 5.64. The molecule has 5 rings (SSSR count). The van der Waals surface area contributed by atoms with E-state index in [4.69, 9.17) is 18.6 Å². The van der Waals surface area contributed by atoms with Gasteiger partial charge in [-0.1, -0.05) is 0 Å². The maximum Gasteiger partial charge on any atom is 0.328 e. The summed E-state index contributed by atoms with van der Waals surface area (Å²) in [5.41, 5.74) is -0.0121. The van der Waals surface area contributed by atoms with E-state index >= 15 is 0 Å². The number of oxazole rings is 1. The van der Waals surface area contributed by atoms with E-state index in [1.165, 1.54) is 13.4 Å². The van der Waals surface area contributed by atoms with Crippen molar-refractivity contribution in [3.63, 3.8) is 0 Å². The smallest absolute Gasteiger partial charge is 0.328 e. The highest BCUT2D eigenvalue weighted by Crippen LogP contribution is 2.30. The van der Waals surface area contributed by atoms with Crippen molar-refractivity contribution in [2.45, 2.75) is 12.0 Å². The fourth-order valence-corrected chi connectivity index (χ4v) is 3.70. The number of methoxy groups -OCH3 is 1. The summed E-state index contributed by atoms with van der Waals surface area (Å²) in [7, 11) is 1.43. The molecule has 2 aromatic carbocycles. The molecule has 0 bridgehead atoms. The molecular weight excluding hydrogens is 494 g/mol. The van der Waals surface area contributed by atoms with Crippen LogP contribution in [0.2, 0.25) is 0 Å². The van der Waals surface area contributed by atoms with Crippen molar-refractivity contribution in [2.24, 2.45) is 0 Å². The van der Waals surface area contributed by atoms with E-state index < -0.39 is 23.4 Å². The second kappa shape index (κ2) is 10.5. The summed E-state index contributed by atoms with van der Waals surface area (Å²) >= 11 is 0. The van der Waals surface area contributed by atoms with Gasteiger partial charge in [0, 0.05) is 25.3 Å². The molecule has 38 heavy (non-hydrogen) atoms. The van der Waals surface area contributed by atoms with Crippen LogP contribution in [0.1, 0.15) is 6.42 Å². The molecule has 0 aliphatic carbocycles. The number of rotatable bonds is 9. The molecule has 2 aromatic heterocycles. The van der Waals surface area contributed by atoms with Crippen molar-refractivity contribution in [3.05, 3.63) is 73.1 Å². The average Bonchev–Trinajstić information content (AvgIpc) is 3.42.